The fourth-order valence-electron chi connectivity index (χ4n) is 3.36. The van der Waals surface area contributed by atoms with Crippen molar-refractivity contribution in [2.24, 2.45) is 5.92 Å². The van der Waals surface area contributed by atoms with Crippen molar-refractivity contribution in [2.75, 3.05) is 30.8 Å². The van der Waals surface area contributed by atoms with Crippen molar-refractivity contribution in [3.05, 3.63) is 59.7 Å². The Kier molecular flexibility index (Phi) is 9.49. The van der Waals surface area contributed by atoms with E-state index in [4.69, 9.17) is 4.74 Å². The van der Waals surface area contributed by atoms with Gasteiger partial charge in [0.05, 0.1) is 19.1 Å². The van der Waals surface area contributed by atoms with Gasteiger partial charge >= 0.3 is 0 Å². The first-order valence-electron chi connectivity index (χ1n) is 11.2. The maximum atomic E-state index is 13.5. The minimum Gasteiger partial charge on any atom is -0.497 e. The van der Waals surface area contributed by atoms with Gasteiger partial charge in [-0.05, 0) is 55.2 Å². The summed E-state index contributed by atoms with van der Waals surface area (Å²) in [5.74, 6) is 0.156. The molecule has 0 aliphatic heterocycles. The molecule has 0 aromatic heterocycles. The SMILES string of the molecule is COc1ccc(CN(C(=O)CN(c2cccc(C)c2)S(C)(=O)=O)[C@H](C)C(=O)NCC(C)C)cc1. The minimum atomic E-state index is -3.74. The molecule has 0 unspecified atom stereocenters. The van der Waals surface area contributed by atoms with Crippen molar-refractivity contribution >= 4 is 27.5 Å². The number of carbonyl (C=O) groups excluding carboxylic acids is 2. The fourth-order valence-corrected chi connectivity index (χ4v) is 4.20. The molecular weight excluding hydrogens is 454 g/mol. The second-order valence-electron chi connectivity index (χ2n) is 8.79. The first-order valence-corrected chi connectivity index (χ1v) is 13.0. The van der Waals surface area contributed by atoms with Gasteiger partial charge in [0, 0.05) is 13.1 Å². The van der Waals surface area contributed by atoms with E-state index in [0.717, 1.165) is 21.7 Å². The fraction of sp³-hybridized carbons (Fsp3) is 0.440. The van der Waals surface area contributed by atoms with Crippen LogP contribution < -0.4 is 14.4 Å². The zero-order chi connectivity index (χ0) is 25.5. The van der Waals surface area contributed by atoms with Crippen LogP contribution in [0, 0.1) is 12.8 Å². The van der Waals surface area contributed by atoms with E-state index in [2.05, 4.69) is 5.32 Å². The van der Waals surface area contributed by atoms with Crippen LogP contribution in [-0.2, 0) is 26.2 Å². The van der Waals surface area contributed by atoms with Gasteiger partial charge in [-0.15, -0.1) is 0 Å². The summed E-state index contributed by atoms with van der Waals surface area (Å²) in [5, 5.41) is 2.86. The average molecular weight is 490 g/mol. The number of amides is 2. The summed E-state index contributed by atoms with van der Waals surface area (Å²) in [6.07, 6.45) is 1.06. The highest BCUT2D eigenvalue weighted by molar-refractivity contribution is 7.92. The van der Waals surface area contributed by atoms with E-state index in [1.165, 1.54) is 4.90 Å². The van der Waals surface area contributed by atoms with Crippen LogP contribution in [-0.4, -0.2) is 57.6 Å². The Balaban J connectivity index is 2.36. The highest BCUT2D eigenvalue weighted by Gasteiger charge is 2.30. The molecule has 1 N–H and O–H groups in total. The molecule has 9 heteroatoms. The van der Waals surface area contributed by atoms with E-state index < -0.39 is 28.5 Å². The number of aryl methyl sites for hydroxylation is 1. The number of benzene rings is 2. The molecule has 2 rings (SSSR count). The van der Waals surface area contributed by atoms with E-state index >= 15 is 0 Å². The predicted octanol–water partition coefficient (Wildman–Crippen LogP) is 2.96. The first-order chi connectivity index (χ1) is 15.9. The Bertz CT molecular complexity index is 1080. The van der Waals surface area contributed by atoms with Crippen molar-refractivity contribution in [3.8, 4) is 5.75 Å². The van der Waals surface area contributed by atoms with Crippen molar-refractivity contribution in [1.82, 2.24) is 10.2 Å². The lowest BCUT2D eigenvalue weighted by Gasteiger charge is -2.31. The predicted molar refractivity (Wildman–Crippen MR) is 134 cm³/mol. The summed E-state index contributed by atoms with van der Waals surface area (Å²) in [6.45, 7) is 7.67. The van der Waals surface area contributed by atoms with E-state index in [1.54, 1.807) is 44.4 Å². The van der Waals surface area contributed by atoms with E-state index in [1.807, 2.05) is 39.0 Å². The number of nitrogens with one attached hydrogen (secondary N) is 1. The van der Waals surface area contributed by atoms with Crippen LogP contribution in [0.15, 0.2) is 48.5 Å². The van der Waals surface area contributed by atoms with Gasteiger partial charge in [-0.1, -0.05) is 38.1 Å². The van der Waals surface area contributed by atoms with E-state index in [9.17, 15) is 18.0 Å². The number of hydrogen-bond donors (Lipinski definition) is 1. The van der Waals surface area contributed by atoms with Crippen molar-refractivity contribution in [3.63, 3.8) is 0 Å². The number of rotatable bonds is 11. The van der Waals surface area contributed by atoms with Crippen LogP contribution in [0.4, 0.5) is 5.69 Å². The summed E-state index contributed by atoms with van der Waals surface area (Å²) in [7, 11) is -2.18. The molecule has 2 aromatic carbocycles. The van der Waals surface area contributed by atoms with Gasteiger partial charge in [0.1, 0.15) is 18.3 Å². The summed E-state index contributed by atoms with van der Waals surface area (Å²) in [5.41, 5.74) is 2.06. The van der Waals surface area contributed by atoms with Gasteiger partial charge in [-0.25, -0.2) is 8.42 Å². The third-order valence-electron chi connectivity index (χ3n) is 5.33. The third-order valence-corrected chi connectivity index (χ3v) is 6.47. The maximum Gasteiger partial charge on any atom is 0.244 e. The summed E-state index contributed by atoms with van der Waals surface area (Å²) in [6, 6.07) is 13.3. The largest absolute Gasteiger partial charge is 0.497 e. The van der Waals surface area contributed by atoms with Crippen LogP contribution in [0.2, 0.25) is 0 Å². The average Bonchev–Trinajstić information content (AvgIpc) is 2.78. The lowest BCUT2D eigenvalue weighted by molar-refractivity contribution is -0.139. The third kappa shape index (κ3) is 7.76. The first kappa shape index (κ1) is 27.2. The second-order valence-corrected chi connectivity index (χ2v) is 10.7. The molecule has 2 aromatic rings. The van der Waals surface area contributed by atoms with Crippen molar-refractivity contribution in [2.45, 2.75) is 40.3 Å². The highest BCUT2D eigenvalue weighted by atomic mass is 32.2. The molecule has 1 atom stereocenters. The number of sulfonamides is 1. The second kappa shape index (κ2) is 11.9. The minimum absolute atomic E-state index is 0.143. The molecule has 2 amide bonds. The van der Waals surface area contributed by atoms with Crippen LogP contribution in [0.5, 0.6) is 5.75 Å². The smallest absolute Gasteiger partial charge is 0.244 e. The van der Waals surface area contributed by atoms with Crippen LogP contribution in [0.1, 0.15) is 31.9 Å². The maximum absolute atomic E-state index is 13.5. The van der Waals surface area contributed by atoms with E-state index in [-0.39, 0.29) is 18.4 Å². The molecule has 0 aliphatic carbocycles. The Hall–Kier alpha value is -3.07. The Morgan fingerprint density at radius 2 is 1.71 bits per heavy atom. The van der Waals surface area contributed by atoms with Gasteiger partial charge in [-0.2, -0.15) is 0 Å². The number of nitrogens with zero attached hydrogens (tertiary/aromatic N) is 2. The number of hydrogen-bond acceptors (Lipinski definition) is 5. The number of ether oxygens (including phenoxy) is 1. The van der Waals surface area contributed by atoms with Crippen molar-refractivity contribution < 1.29 is 22.7 Å². The molecule has 0 spiro atoms. The van der Waals surface area contributed by atoms with Crippen molar-refractivity contribution in [1.29, 1.82) is 0 Å². The molecule has 186 valence electrons. The Morgan fingerprint density at radius 1 is 1.06 bits per heavy atom. The highest BCUT2D eigenvalue weighted by Crippen LogP contribution is 2.21. The quantitative estimate of drug-likeness (QED) is 0.524. The summed E-state index contributed by atoms with van der Waals surface area (Å²) in [4.78, 5) is 27.7. The molecule has 0 fully saturated rings. The molecule has 0 bridgehead atoms. The number of carbonyl (C=O) groups is 2. The van der Waals surface area contributed by atoms with E-state index in [0.29, 0.717) is 18.0 Å². The Morgan fingerprint density at radius 3 is 2.24 bits per heavy atom. The number of methoxy groups -OCH3 is 1. The van der Waals surface area contributed by atoms with Crippen LogP contribution >= 0.6 is 0 Å². The number of anilines is 1. The van der Waals surface area contributed by atoms with Gasteiger partial charge in [0.2, 0.25) is 21.8 Å². The van der Waals surface area contributed by atoms with Gasteiger partial charge in [0.25, 0.3) is 0 Å². The zero-order valence-corrected chi connectivity index (χ0v) is 21.6. The van der Waals surface area contributed by atoms with Crippen LogP contribution in [0.3, 0.4) is 0 Å². The monoisotopic (exact) mass is 489 g/mol. The lowest BCUT2D eigenvalue weighted by atomic mass is 10.1. The molecule has 8 nitrogen and oxygen atoms in total. The normalized spacial score (nSPS) is 12.2. The molecule has 0 aliphatic rings. The summed E-state index contributed by atoms with van der Waals surface area (Å²) >= 11 is 0. The Labute approximate surface area is 202 Å². The molecule has 0 saturated carbocycles. The standard InChI is InChI=1S/C25H35N3O5S/c1-18(2)15-26-25(30)20(4)27(16-21-10-12-23(33-5)13-11-21)24(29)17-28(34(6,31)32)22-9-7-8-19(3)14-22/h7-14,18,20H,15-17H2,1-6H3,(H,26,30)/t20-/m1/s1. The van der Waals surface area contributed by atoms with Gasteiger partial charge < -0.3 is 15.0 Å². The lowest BCUT2D eigenvalue weighted by Crippen LogP contribution is -2.51. The molecule has 0 radical (unpaired) electrons. The van der Waals surface area contributed by atoms with Gasteiger partial charge in [0.15, 0.2) is 0 Å². The zero-order valence-electron chi connectivity index (χ0n) is 20.7. The molecule has 34 heavy (non-hydrogen) atoms. The molecular formula is C25H35N3O5S. The topological polar surface area (TPSA) is 96.0 Å². The summed E-state index contributed by atoms with van der Waals surface area (Å²) < 4.78 is 31.4. The van der Waals surface area contributed by atoms with Gasteiger partial charge in [-0.3, -0.25) is 13.9 Å². The van der Waals surface area contributed by atoms with Crippen LogP contribution in [0.25, 0.3) is 0 Å². The molecule has 0 heterocycles. The molecule has 0 saturated heterocycles.